The maximum absolute atomic E-state index is 9.86. The molecule has 0 aliphatic heterocycles. The molecule has 0 bridgehead atoms. The standard InChI is InChI=1S/C7H11N3O/c1-7-4-9-10(5-7)3-2-8-6-11/h4-6H,2-3H2,1H3,(H,8,11). The van der Waals surface area contributed by atoms with Gasteiger partial charge in [0.25, 0.3) is 0 Å². The molecular weight excluding hydrogens is 142 g/mol. The van der Waals surface area contributed by atoms with Gasteiger partial charge in [0.2, 0.25) is 6.41 Å². The van der Waals surface area contributed by atoms with Gasteiger partial charge in [0.15, 0.2) is 0 Å². The van der Waals surface area contributed by atoms with E-state index in [9.17, 15) is 4.79 Å². The highest BCUT2D eigenvalue weighted by molar-refractivity contribution is 5.45. The van der Waals surface area contributed by atoms with Crippen molar-refractivity contribution in [2.75, 3.05) is 6.54 Å². The number of hydrogen-bond acceptors (Lipinski definition) is 2. The smallest absolute Gasteiger partial charge is 0.207 e. The van der Waals surface area contributed by atoms with Crippen LogP contribution in [0.1, 0.15) is 5.56 Å². The van der Waals surface area contributed by atoms with E-state index in [-0.39, 0.29) is 0 Å². The highest BCUT2D eigenvalue weighted by Crippen LogP contribution is 1.92. The van der Waals surface area contributed by atoms with Crippen LogP contribution in [0.5, 0.6) is 0 Å². The first kappa shape index (κ1) is 7.78. The molecule has 0 unspecified atom stereocenters. The van der Waals surface area contributed by atoms with Crippen LogP contribution in [-0.4, -0.2) is 22.7 Å². The quantitative estimate of drug-likeness (QED) is 0.486. The zero-order chi connectivity index (χ0) is 8.10. The van der Waals surface area contributed by atoms with Gasteiger partial charge in [0.05, 0.1) is 12.7 Å². The summed E-state index contributed by atoms with van der Waals surface area (Å²) >= 11 is 0. The third-order valence-electron chi connectivity index (χ3n) is 1.33. The van der Waals surface area contributed by atoms with Crippen LogP contribution in [0.4, 0.5) is 0 Å². The van der Waals surface area contributed by atoms with Gasteiger partial charge in [-0.2, -0.15) is 5.10 Å². The topological polar surface area (TPSA) is 46.9 Å². The second-order valence-electron chi connectivity index (χ2n) is 2.35. The van der Waals surface area contributed by atoms with Crippen molar-refractivity contribution in [2.24, 2.45) is 0 Å². The molecule has 1 N–H and O–H groups in total. The minimum absolute atomic E-state index is 0.630. The van der Waals surface area contributed by atoms with Crippen LogP contribution in [-0.2, 0) is 11.3 Å². The fraction of sp³-hybridized carbons (Fsp3) is 0.429. The Labute approximate surface area is 65.2 Å². The first-order valence-corrected chi connectivity index (χ1v) is 3.49. The Balaban J connectivity index is 2.32. The summed E-state index contributed by atoms with van der Waals surface area (Å²) in [5.74, 6) is 0. The molecule has 0 aliphatic rings. The van der Waals surface area contributed by atoms with Gasteiger partial charge in [0, 0.05) is 12.7 Å². The Morgan fingerprint density at radius 1 is 1.82 bits per heavy atom. The van der Waals surface area contributed by atoms with E-state index >= 15 is 0 Å². The normalized spacial score (nSPS) is 9.55. The molecule has 0 fully saturated rings. The molecule has 60 valence electrons. The van der Waals surface area contributed by atoms with E-state index in [2.05, 4.69) is 10.4 Å². The zero-order valence-corrected chi connectivity index (χ0v) is 6.45. The van der Waals surface area contributed by atoms with Crippen molar-refractivity contribution in [1.29, 1.82) is 0 Å². The van der Waals surface area contributed by atoms with Crippen LogP contribution in [0.25, 0.3) is 0 Å². The summed E-state index contributed by atoms with van der Waals surface area (Å²) in [5, 5.41) is 6.61. The molecule has 4 heteroatoms. The summed E-state index contributed by atoms with van der Waals surface area (Å²) in [5.41, 5.74) is 1.14. The van der Waals surface area contributed by atoms with E-state index in [1.54, 1.807) is 10.9 Å². The number of carbonyl (C=O) groups excluding carboxylic acids is 1. The van der Waals surface area contributed by atoms with Gasteiger partial charge in [-0.3, -0.25) is 9.48 Å². The Bertz CT molecular complexity index is 231. The second-order valence-corrected chi connectivity index (χ2v) is 2.35. The van der Waals surface area contributed by atoms with E-state index < -0.39 is 0 Å². The highest BCUT2D eigenvalue weighted by atomic mass is 16.1. The van der Waals surface area contributed by atoms with Crippen molar-refractivity contribution in [3.63, 3.8) is 0 Å². The molecule has 4 nitrogen and oxygen atoms in total. The molecule has 0 spiro atoms. The number of aryl methyl sites for hydroxylation is 1. The molecule has 0 radical (unpaired) electrons. The summed E-state index contributed by atoms with van der Waals surface area (Å²) in [6, 6.07) is 0. The van der Waals surface area contributed by atoms with Crippen molar-refractivity contribution >= 4 is 6.41 Å². The predicted octanol–water partition coefficient (Wildman–Crippen LogP) is -0.0625. The first-order valence-electron chi connectivity index (χ1n) is 3.49. The molecule has 1 aromatic heterocycles. The predicted molar refractivity (Wildman–Crippen MR) is 41.0 cm³/mol. The molecule has 0 saturated carbocycles. The largest absolute Gasteiger partial charge is 0.357 e. The summed E-state index contributed by atoms with van der Waals surface area (Å²) < 4.78 is 1.80. The number of amides is 1. The van der Waals surface area contributed by atoms with E-state index in [0.29, 0.717) is 13.0 Å². The lowest BCUT2D eigenvalue weighted by molar-refractivity contribution is -0.109. The minimum atomic E-state index is 0.630. The molecule has 0 atom stereocenters. The maximum atomic E-state index is 9.86. The third kappa shape index (κ3) is 2.41. The molecule has 1 aromatic rings. The first-order chi connectivity index (χ1) is 5.33. The summed E-state index contributed by atoms with van der Waals surface area (Å²) in [6.45, 7) is 3.34. The fourth-order valence-corrected chi connectivity index (χ4v) is 0.827. The summed E-state index contributed by atoms with van der Waals surface area (Å²) in [4.78, 5) is 9.86. The number of hydrogen-bond donors (Lipinski definition) is 1. The van der Waals surface area contributed by atoms with Crippen LogP contribution in [0.3, 0.4) is 0 Å². The average molecular weight is 153 g/mol. The highest BCUT2D eigenvalue weighted by Gasteiger charge is 1.91. The Morgan fingerprint density at radius 3 is 3.18 bits per heavy atom. The van der Waals surface area contributed by atoms with Gasteiger partial charge in [-0.05, 0) is 12.5 Å². The van der Waals surface area contributed by atoms with E-state index in [0.717, 1.165) is 12.1 Å². The summed E-state index contributed by atoms with van der Waals surface area (Å²) in [7, 11) is 0. The van der Waals surface area contributed by atoms with E-state index in [1.807, 2.05) is 13.1 Å². The molecule has 11 heavy (non-hydrogen) atoms. The van der Waals surface area contributed by atoms with Gasteiger partial charge < -0.3 is 5.32 Å². The lowest BCUT2D eigenvalue weighted by atomic mass is 10.4. The van der Waals surface area contributed by atoms with Crippen LogP contribution in [0.15, 0.2) is 12.4 Å². The monoisotopic (exact) mass is 153 g/mol. The Kier molecular flexibility index (Phi) is 2.66. The van der Waals surface area contributed by atoms with Crippen molar-refractivity contribution in [3.8, 4) is 0 Å². The molecule has 0 saturated heterocycles. The number of aromatic nitrogens is 2. The lowest BCUT2D eigenvalue weighted by Crippen LogP contribution is -2.17. The van der Waals surface area contributed by atoms with E-state index in [1.165, 1.54) is 0 Å². The zero-order valence-electron chi connectivity index (χ0n) is 6.45. The molecular formula is C7H11N3O. The summed E-state index contributed by atoms with van der Waals surface area (Å²) in [6.07, 6.45) is 4.42. The number of carbonyl (C=O) groups is 1. The van der Waals surface area contributed by atoms with Crippen LogP contribution >= 0.6 is 0 Å². The molecule has 1 amide bonds. The van der Waals surface area contributed by atoms with Crippen molar-refractivity contribution in [1.82, 2.24) is 15.1 Å². The number of nitrogens with zero attached hydrogens (tertiary/aromatic N) is 2. The average Bonchev–Trinajstić information content (AvgIpc) is 2.37. The van der Waals surface area contributed by atoms with Crippen LogP contribution < -0.4 is 5.32 Å². The van der Waals surface area contributed by atoms with Crippen LogP contribution in [0, 0.1) is 6.92 Å². The SMILES string of the molecule is Cc1cnn(CCNC=O)c1. The van der Waals surface area contributed by atoms with Gasteiger partial charge in [-0.1, -0.05) is 0 Å². The third-order valence-corrected chi connectivity index (χ3v) is 1.33. The van der Waals surface area contributed by atoms with Gasteiger partial charge in [-0.15, -0.1) is 0 Å². The molecule has 0 aromatic carbocycles. The Hall–Kier alpha value is -1.32. The number of nitrogens with one attached hydrogen (secondary N) is 1. The molecule has 1 rings (SSSR count). The fourth-order valence-electron chi connectivity index (χ4n) is 0.827. The van der Waals surface area contributed by atoms with Gasteiger partial charge in [-0.25, -0.2) is 0 Å². The minimum Gasteiger partial charge on any atom is -0.357 e. The van der Waals surface area contributed by atoms with Crippen LogP contribution in [0.2, 0.25) is 0 Å². The maximum Gasteiger partial charge on any atom is 0.207 e. The second kappa shape index (κ2) is 3.75. The van der Waals surface area contributed by atoms with Crippen molar-refractivity contribution in [2.45, 2.75) is 13.5 Å². The van der Waals surface area contributed by atoms with Crippen molar-refractivity contribution < 1.29 is 4.79 Å². The molecule has 1 heterocycles. The molecule has 0 aliphatic carbocycles. The number of rotatable bonds is 4. The van der Waals surface area contributed by atoms with E-state index in [4.69, 9.17) is 0 Å². The van der Waals surface area contributed by atoms with Crippen molar-refractivity contribution in [3.05, 3.63) is 18.0 Å². The van der Waals surface area contributed by atoms with Gasteiger partial charge in [0.1, 0.15) is 0 Å². The Morgan fingerprint density at radius 2 is 2.64 bits per heavy atom. The van der Waals surface area contributed by atoms with Gasteiger partial charge >= 0.3 is 0 Å². The lowest BCUT2D eigenvalue weighted by Gasteiger charge is -1.98.